The molecule has 0 aromatic heterocycles. The Kier molecular flexibility index (Phi) is 6.02. The van der Waals surface area contributed by atoms with Gasteiger partial charge in [0.15, 0.2) is 17.5 Å². The van der Waals surface area contributed by atoms with Crippen LogP contribution < -0.4 is 15.4 Å². The van der Waals surface area contributed by atoms with Crippen molar-refractivity contribution < 1.29 is 31.2 Å². The van der Waals surface area contributed by atoms with E-state index in [1.807, 2.05) is 0 Å². The number of carbonyl (C=O) groups is 2. The first-order valence-corrected chi connectivity index (χ1v) is 13.4. The van der Waals surface area contributed by atoms with Crippen molar-refractivity contribution in [3.63, 3.8) is 0 Å². The molecule has 2 atom stereocenters. The summed E-state index contributed by atoms with van der Waals surface area (Å²) >= 11 is 0. The fraction of sp³-hybridized carbons (Fsp3) is 0.652. The smallest absolute Gasteiger partial charge is 0.304 e. The number of nitrogens with one attached hydrogen (secondary N) is 1. The zero-order chi connectivity index (χ0) is 25.1. The van der Waals surface area contributed by atoms with Crippen LogP contribution in [0.3, 0.4) is 0 Å². The summed E-state index contributed by atoms with van der Waals surface area (Å²) in [6, 6.07) is 0.734. The van der Waals surface area contributed by atoms with Gasteiger partial charge < -0.3 is 11.1 Å². The van der Waals surface area contributed by atoms with Crippen molar-refractivity contribution in [1.82, 2.24) is 9.62 Å². The van der Waals surface area contributed by atoms with Gasteiger partial charge in [-0.05, 0) is 61.7 Å². The van der Waals surface area contributed by atoms with E-state index in [4.69, 9.17) is 5.73 Å². The summed E-state index contributed by atoms with van der Waals surface area (Å²) in [5.74, 6) is -3.77. The quantitative estimate of drug-likeness (QED) is 0.566. The van der Waals surface area contributed by atoms with E-state index in [1.165, 1.54) is 0 Å². The highest BCUT2D eigenvalue weighted by Gasteiger charge is 2.56. The van der Waals surface area contributed by atoms with Gasteiger partial charge in [-0.15, -0.1) is 0 Å². The van der Waals surface area contributed by atoms with Gasteiger partial charge in [0, 0.05) is 37.7 Å². The lowest BCUT2D eigenvalue weighted by atomic mass is 9.47. The summed E-state index contributed by atoms with van der Waals surface area (Å²) in [4.78, 5) is 24.6. The SMILES string of the molecule is NC(=O)CC12CC3CC(C1)C(NC(=O)CN1CCCN(c4cc(F)c(F)cc4F)S1(=O)=O)C(C3)C2. The number of halogens is 3. The topological polar surface area (TPSA) is 113 Å². The number of nitrogens with zero attached hydrogens (tertiary/aromatic N) is 2. The third-order valence-corrected chi connectivity index (χ3v) is 10.1. The van der Waals surface area contributed by atoms with Crippen molar-refractivity contribution in [2.45, 2.75) is 51.0 Å². The van der Waals surface area contributed by atoms with Gasteiger partial charge in [0.1, 0.15) is 0 Å². The molecule has 1 aromatic carbocycles. The molecule has 1 heterocycles. The van der Waals surface area contributed by atoms with Crippen LogP contribution in [0.2, 0.25) is 0 Å². The first-order valence-electron chi connectivity index (χ1n) is 12.0. The van der Waals surface area contributed by atoms with Gasteiger partial charge in [-0.1, -0.05) is 0 Å². The largest absolute Gasteiger partial charge is 0.370 e. The highest BCUT2D eigenvalue weighted by molar-refractivity contribution is 7.90. The lowest BCUT2D eigenvalue weighted by molar-refractivity contribution is -0.134. The zero-order valence-corrected chi connectivity index (χ0v) is 20.0. The maximum absolute atomic E-state index is 14.3. The molecule has 1 saturated heterocycles. The molecule has 2 unspecified atom stereocenters. The van der Waals surface area contributed by atoms with Gasteiger partial charge in [-0.2, -0.15) is 12.7 Å². The van der Waals surface area contributed by atoms with Crippen molar-refractivity contribution in [3.8, 4) is 0 Å². The monoisotopic (exact) mass is 514 g/mol. The van der Waals surface area contributed by atoms with E-state index in [2.05, 4.69) is 5.32 Å². The van der Waals surface area contributed by atoms with Crippen LogP contribution in [0.1, 0.15) is 44.9 Å². The van der Waals surface area contributed by atoms with Gasteiger partial charge in [0.2, 0.25) is 11.8 Å². The van der Waals surface area contributed by atoms with Crippen LogP contribution >= 0.6 is 0 Å². The van der Waals surface area contributed by atoms with E-state index in [1.54, 1.807) is 0 Å². The number of carbonyl (C=O) groups excluding carboxylic acids is 2. The molecule has 6 rings (SSSR count). The summed E-state index contributed by atoms with van der Waals surface area (Å²) in [5, 5.41) is 3.04. The Labute approximate surface area is 202 Å². The third kappa shape index (κ3) is 4.39. The van der Waals surface area contributed by atoms with Gasteiger partial charge in [-0.25, -0.2) is 13.2 Å². The van der Waals surface area contributed by atoms with E-state index >= 15 is 0 Å². The first-order chi connectivity index (χ1) is 16.5. The fourth-order valence-corrected chi connectivity index (χ4v) is 8.94. The zero-order valence-electron chi connectivity index (χ0n) is 19.2. The minimum atomic E-state index is -4.32. The van der Waals surface area contributed by atoms with Crippen LogP contribution in [0.15, 0.2) is 12.1 Å². The molecule has 192 valence electrons. The summed E-state index contributed by atoms with van der Waals surface area (Å²) in [6.45, 7) is -0.507. The van der Waals surface area contributed by atoms with Crippen molar-refractivity contribution in [2.24, 2.45) is 28.9 Å². The van der Waals surface area contributed by atoms with Crippen LogP contribution in [0.5, 0.6) is 0 Å². The molecular formula is C23H29F3N4O4S. The van der Waals surface area contributed by atoms with Gasteiger partial charge in [-0.3, -0.25) is 13.9 Å². The molecule has 1 aromatic rings. The minimum Gasteiger partial charge on any atom is -0.370 e. The standard InChI is InChI=1S/C23H29F3N4O4S/c24-16-6-18(26)19(7-17(16)25)30-3-1-2-29(35(30,33)34)12-21(32)28-22-14-4-13-5-15(22)10-23(8-13,9-14)11-20(27)31/h6-7,13-15,22H,1-5,8-12H2,(H2,27,31)(H,28,32). The van der Waals surface area contributed by atoms with Gasteiger partial charge in [0.05, 0.1) is 12.2 Å². The lowest BCUT2D eigenvalue weighted by Crippen LogP contribution is -2.61. The van der Waals surface area contributed by atoms with Crippen molar-refractivity contribution in [1.29, 1.82) is 0 Å². The number of hydrogen-bond acceptors (Lipinski definition) is 4. The molecule has 1 aliphatic heterocycles. The predicted octanol–water partition coefficient (Wildman–Crippen LogP) is 2.05. The van der Waals surface area contributed by atoms with Crippen LogP contribution in [-0.4, -0.2) is 50.2 Å². The number of primary amides is 1. The molecule has 3 N–H and O–H groups in total. The normalized spacial score (nSPS) is 33.6. The number of anilines is 1. The maximum atomic E-state index is 14.3. The number of hydrogen-bond donors (Lipinski definition) is 2. The van der Waals surface area contributed by atoms with Crippen molar-refractivity contribution >= 4 is 27.7 Å². The summed E-state index contributed by atoms with van der Waals surface area (Å²) in [7, 11) is -4.32. The van der Waals surface area contributed by atoms with Crippen molar-refractivity contribution in [2.75, 3.05) is 23.9 Å². The molecule has 0 spiro atoms. The number of amides is 2. The Bertz CT molecular complexity index is 1150. The molecule has 4 bridgehead atoms. The molecular weight excluding hydrogens is 485 g/mol. The summed E-state index contributed by atoms with van der Waals surface area (Å²) in [6.07, 6.45) is 5.21. The second-order valence-electron chi connectivity index (χ2n) is 10.7. The first kappa shape index (κ1) is 24.4. The molecule has 5 fully saturated rings. The second-order valence-corrected chi connectivity index (χ2v) is 12.5. The lowest BCUT2D eigenvalue weighted by Gasteiger charge is -2.60. The Hall–Kier alpha value is -2.34. The highest BCUT2D eigenvalue weighted by Crippen LogP contribution is 2.61. The average Bonchev–Trinajstić information content (AvgIpc) is 2.74. The molecule has 5 aliphatic rings. The summed E-state index contributed by atoms with van der Waals surface area (Å²) < 4.78 is 69.2. The molecule has 35 heavy (non-hydrogen) atoms. The van der Waals surface area contributed by atoms with E-state index in [-0.39, 0.29) is 48.7 Å². The van der Waals surface area contributed by atoms with E-state index in [9.17, 15) is 31.2 Å². The Morgan fingerprint density at radius 3 is 2.34 bits per heavy atom. The van der Waals surface area contributed by atoms with Crippen LogP contribution in [0.25, 0.3) is 0 Å². The average molecular weight is 515 g/mol. The fourth-order valence-electron chi connectivity index (χ4n) is 7.28. The van der Waals surface area contributed by atoms with Crippen LogP contribution in [0, 0.1) is 40.6 Å². The number of rotatable bonds is 6. The van der Waals surface area contributed by atoms with E-state index in [0.29, 0.717) is 28.8 Å². The highest BCUT2D eigenvalue weighted by atomic mass is 32.2. The van der Waals surface area contributed by atoms with E-state index in [0.717, 1.165) is 36.4 Å². The molecule has 0 radical (unpaired) electrons. The summed E-state index contributed by atoms with van der Waals surface area (Å²) in [5.41, 5.74) is 4.82. The van der Waals surface area contributed by atoms with E-state index < -0.39 is 45.8 Å². The molecule has 4 saturated carbocycles. The minimum absolute atomic E-state index is 0.0544. The number of nitrogens with two attached hydrogens (primary N) is 1. The van der Waals surface area contributed by atoms with Crippen LogP contribution in [-0.2, 0) is 19.8 Å². The molecule has 2 amide bonds. The maximum Gasteiger partial charge on any atom is 0.304 e. The number of benzene rings is 1. The van der Waals surface area contributed by atoms with Gasteiger partial charge in [0.25, 0.3) is 0 Å². The third-order valence-electron chi connectivity index (χ3n) is 8.23. The molecule has 12 heteroatoms. The van der Waals surface area contributed by atoms with Crippen molar-refractivity contribution in [3.05, 3.63) is 29.6 Å². The Balaban J connectivity index is 1.28. The van der Waals surface area contributed by atoms with Crippen LogP contribution in [0.4, 0.5) is 18.9 Å². The molecule has 8 nitrogen and oxygen atoms in total. The van der Waals surface area contributed by atoms with Gasteiger partial charge >= 0.3 is 10.2 Å². The second kappa shape index (κ2) is 8.65. The molecule has 4 aliphatic carbocycles. The predicted molar refractivity (Wildman–Crippen MR) is 121 cm³/mol. The Morgan fingerprint density at radius 1 is 1.03 bits per heavy atom. The Morgan fingerprint density at radius 2 is 1.69 bits per heavy atom.